The van der Waals surface area contributed by atoms with Gasteiger partial charge in [0.05, 0.1) is 17.1 Å². The molecule has 0 saturated carbocycles. The number of nitriles is 1. The van der Waals surface area contributed by atoms with Gasteiger partial charge in [-0.2, -0.15) is 5.26 Å². The lowest BCUT2D eigenvalue weighted by atomic mass is 10.2. The van der Waals surface area contributed by atoms with Crippen molar-refractivity contribution in [3.63, 3.8) is 0 Å². The van der Waals surface area contributed by atoms with Crippen LogP contribution in [0.2, 0.25) is 0 Å². The molecule has 0 bridgehead atoms. The number of benzene rings is 2. The van der Waals surface area contributed by atoms with Gasteiger partial charge in [0, 0.05) is 55.9 Å². The van der Waals surface area contributed by atoms with Crippen molar-refractivity contribution in [3.05, 3.63) is 74.9 Å². The molecular formula is C23H22N6O2. The molecule has 31 heavy (non-hydrogen) atoms. The fourth-order valence-corrected chi connectivity index (χ4v) is 4.25. The van der Waals surface area contributed by atoms with E-state index in [0.29, 0.717) is 29.7 Å². The van der Waals surface area contributed by atoms with E-state index in [2.05, 4.69) is 25.8 Å². The van der Waals surface area contributed by atoms with Gasteiger partial charge in [-0.05, 0) is 30.3 Å². The van der Waals surface area contributed by atoms with Crippen LogP contribution in [0.25, 0.3) is 21.9 Å². The quantitative estimate of drug-likeness (QED) is 0.531. The van der Waals surface area contributed by atoms with E-state index in [0.717, 1.165) is 42.8 Å². The number of para-hydroxylation sites is 1. The SMILES string of the molecule is N#Cc1ccc(N2CCN(CCn3c(=O)[nH]c4c([nH]c5ccccc54)c3=O)CC2)cc1. The van der Waals surface area contributed by atoms with Crippen LogP contribution in [0.4, 0.5) is 5.69 Å². The molecule has 1 saturated heterocycles. The van der Waals surface area contributed by atoms with E-state index in [4.69, 9.17) is 5.26 Å². The maximum Gasteiger partial charge on any atom is 0.328 e. The van der Waals surface area contributed by atoms with Crippen molar-refractivity contribution in [2.24, 2.45) is 0 Å². The lowest BCUT2D eigenvalue weighted by Gasteiger charge is -2.36. The molecule has 0 atom stereocenters. The molecule has 3 heterocycles. The minimum atomic E-state index is -0.376. The van der Waals surface area contributed by atoms with Gasteiger partial charge in [0.15, 0.2) is 0 Å². The zero-order chi connectivity index (χ0) is 21.4. The van der Waals surface area contributed by atoms with Gasteiger partial charge in [-0.25, -0.2) is 4.79 Å². The van der Waals surface area contributed by atoms with Gasteiger partial charge in [0.25, 0.3) is 5.56 Å². The van der Waals surface area contributed by atoms with E-state index < -0.39 is 0 Å². The summed E-state index contributed by atoms with van der Waals surface area (Å²) in [6.45, 7) is 4.39. The minimum Gasteiger partial charge on any atom is -0.369 e. The molecule has 2 aromatic carbocycles. The lowest BCUT2D eigenvalue weighted by Crippen LogP contribution is -2.48. The number of anilines is 1. The summed E-state index contributed by atoms with van der Waals surface area (Å²) < 4.78 is 1.28. The van der Waals surface area contributed by atoms with Crippen LogP contribution in [0.5, 0.6) is 0 Å². The number of rotatable bonds is 4. The zero-order valence-electron chi connectivity index (χ0n) is 17.0. The Hall–Kier alpha value is -3.83. The van der Waals surface area contributed by atoms with Crippen LogP contribution in [0.1, 0.15) is 5.56 Å². The average Bonchev–Trinajstić information content (AvgIpc) is 3.18. The third-order valence-corrected chi connectivity index (χ3v) is 6.02. The molecule has 0 spiro atoms. The van der Waals surface area contributed by atoms with Crippen LogP contribution < -0.4 is 16.1 Å². The molecule has 8 heteroatoms. The first kappa shape index (κ1) is 19.2. The third kappa shape index (κ3) is 3.49. The number of fused-ring (bicyclic) bond motifs is 3. The summed E-state index contributed by atoms with van der Waals surface area (Å²) in [4.78, 5) is 36.1. The first-order valence-electron chi connectivity index (χ1n) is 10.3. The first-order chi connectivity index (χ1) is 15.1. The van der Waals surface area contributed by atoms with Gasteiger partial charge in [-0.3, -0.25) is 14.3 Å². The van der Waals surface area contributed by atoms with E-state index in [9.17, 15) is 9.59 Å². The number of hydrogen-bond acceptors (Lipinski definition) is 5. The summed E-state index contributed by atoms with van der Waals surface area (Å²) in [5.41, 5.74) is 2.94. The predicted octanol–water partition coefficient (Wildman–Crippen LogP) is 1.86. The van der Waals surface area contributed by atoms with E-state index in [1.54, 1.807) is 0 Å². The van der Waals surface area contributed by atoms with Crippen LogP contribution in [0.3, 0.4) is 0 Å². The number of hydrogen-bond donors (Lipinski definition) is 2. The van der Waals surface area contributed by atoms with Gasteiger partial charge < -0.3 is 14.9 Å². The molecule has 1 fully saturated rings. The highest BCUT2D eigenvalue weighted by atomic mass is 16.2. The normalized spacial score (nSPS) is 14.9. The molecule has 2 N–H and O–H groups in total. The third-order valence-electron chi connectivity index (χ3n) is 6.02. The Morgan fingerprint density at radius 1 is 0.871 bits per heavy atom. The summed E-state index contributed by atoms with van der Waals surface area (Å²) in [6, 6.07) is 17.3. The molecule has 0 amide bonds. The van der Waals surface area contributed by atoms with Crippen molar-refractivity contribution in [1.82, 2.24) is 19.4 Å². The molecule has 156 valence electrons. The monoisotopic (exact) mass is 414 g/mol. The van der Waals surface area contributed by atoms with Gasteiger partial charge in [0.1, 0.15) is 5.52 Å². The van der Waals surface area contributed by atoms with Crippen molar-refractivity contribution in [2.45, 2.75) is 6.54 Å². The molecule has 5 rings (SSSR count). The lowest BCUT2D eigenvalue weighted by molar-refractivity contribution is 0.246. The predicted molar refractivity (Wildman–Crippen MR) is 120 cm³/mol. The number of nitrogens with zero attached hydrogens (tertiary/aromatic N) is 4. The molecule has 1 aliphatic heterocycles. The van der Waals surface area contributed by atoms with E-state index in [1.165, 1.54) is 4.57 Å². The second-order valence-electron chi connectivity index (χ2n) is 7.79. The Kier molecular flexibility index (Phi) is 4.81. The Morgan fingerprint density at radius 3 is 2.35 bits per heavy atom. The van der Waals surface area contributed by atoms with Crippen LogP contribution in [0, 0.1) is 11.3 Å². The van der Waals surface area contributed by atoms with Crippen LogP contribution in [0.15, 0.2) is 58.1 Å². The van der Waals surface area contributed by atoms with E-state index in [-0.39, 0.29) is 11.2 Å². The van der Waals surface area contributed by atoms with Crippen molar-refractivity contribution >= 4 is 27.6 Å². The highest BCUT2D eigenvalue weighted by Crippen LogP contribution is 2.20. The van der Waals surface area contributed by atoms with Gasteiger partial charge in [0.2, 0.25) is 0 Å². The van der Waals surface area contributed by atoms with E-state index in [1.807, 2.05) is 48.5 Å². The molecule has 0 unspecified atom stereocenters. The second kappa shape index (κ2) is 7.78. The molecule has 4 aromatic rings. The Labute approximate surface area is 177 Å². The Balaban J connectivity index is 1.28. The van der Waals surface area contributed by atoms with Crippen LogP contribution in [-0.4, -0.2) is 52.2 Å². The maximum absolute atomic E-state index is 12.9. The van der Waals surface area contributed by atoms with Crippen LogP contribution >= 0.6 is 0 Å². The van der Waals surface area contributed by atoms with Gasteiger partial charge >= 0.3 is 5.69 Å². The van der Waals surface area contributed by atoms with Gasteiger partial charge in [-0.15, -0.1) is 0 Å². The standard InChI is InChI=1S/C23H22N6O2/c24-15-16-5-7-17(8-6-16)28-12-9-27(10-13-28)11-14-29-22(30)21-20(26-23(29)31)18-3-1-2-4-19(18)25-21/h1-8,25H,9-14H2,(H,26,31). The zero-order valence-corrected chi connectivity index (χ0v) is 17.0. The summed E-state index contributed by atoms with van der Waals surface area (Å²) in [5, 5.41) is 9.79. The Morgan fingerprint density at radius 2 is 1.61 bits per heavy atom. The minimum absolute atomic E-state index is 0.286. The number of piperazine rings is 1. The molecule has 0 aliphatic carbocycles. The Bertz CT molecular complexity index is 1400. The summed E-state index contributed by atoms with van der Waals surface area (Å²) in [5.74, 6) is 0. The number of aromatic nitrogens is 3. The van der Waals surface area contributed by atoms with Crippen molar-refractivity contribution < 1.29 is 0 Å². The second-order valence-corrected chi connectivity index (χ2v) is 7.79. The van der Waals surface area contributed by atoms with Crippen molar-refractivity contribution in [2.75, 3.05) is 37.6 Å². The topological polar surface area (TPSA) is 101 Å². The fraction of sp³-hybridized carbons (Fsp3) is 0.261. The van der Waals surface area contributed by atoms with Crippen LogP contribution in [-0.2, 0) is 6.54 Å². The summed E-state index contributed by atoms with van der Waals surface area (Å²) in [6.07, 6.45) is 0. The average molecular weight is 414 g/mol. The maximum atomic E-state index is 12.9. The molecule has 0 radical (unpaired) electrons. The number of nitrogens with one attached hydrogen (secondary N) is 2. The van der Waals surface area contributed by atoms with Crippen molar-refractivity contribution in [3.8, 4) is 6.07 Å². The number of aromatic amines is 2. The molecular weight excluding hydrogens is 392 g/mol. The molecule has 2 aromatic heterocycles. The number of H-pyrrole nitrogens is 2. The highest BCUT2D eigenvalue weighted by molar-refractivity contribution is 6.04. The van der Waals surface area contributed by atoms with Crippen molar-refractivity contribution in [1.29, 1.82) is 5.26 Å². The first-order valence-corrected chi connectivity index (χ1v) is 10.3. The fourth-order valence-electron chi connectivity index (χ4n) is 4.25. The molecule has 1 aliphatic rings. The van der Waals surface area contributed by atoms with Gasteiger partial charge in [-0.1, -0.05) is 18.2 Å². The summed E-state index contributed by atoms with van der Waals surface area (Å²) in [7, 11) is 0. The molecule has 8 nitrogen and oxygen atoms in total. The smallest absolute Gasteiger partial charge is 0.328 e. The summed E-state index contributed by atoms with van der Waals surface area (Å²) >= 11 is 0. The highest BCUT2D eigenvalue weighted by Gasteiger charge is 2.18. The van der Waals surface area contributed by atoms with E-state index >= 15 is 0 Å². The largest absolute Gasteiger partial charge is 0.369 e.